The summed E-state index contributed by atoms with van der Waals surface area (Å²) in [6.45, 7) is 1.38. The highest BCUT2D eigenvalue weighted by Gasteiger charge is 2.55. The first-order chi connectivity index (χ1) is 6.81. The minimum Gasteiger partial charge on any atom is -0.473 e. The monoisotopic (exact) mass is 237 g/mol. The number of aliphatic carboxylic acids is 2. The maximum absolute atomic E-state index is 11.0. The lowest BCUT2D eigenvalue weighted by atomic mass is 9.98. The zero-order valence-corrected chi connectivity index (χ0v) is 8.58. The summed E-state index contributed by atoms with van der Waals surface area (Å²) in [5.41, 5.74) is 0. The van der Waals surface area contributed by atoms with Gasteiger partial charge < -0.3 is 15.5 Å². The lowest BCUT2D eigenvalue weighted by Crippen LogP contribution is -2.70. The average Bonchev–Trinajstić information content (AvgIpc) is 2.00. The smallest absolute Gasteiger partial charge is 0.414 e. The van der Waals surface area contributed by atoms with Crippen LogP contribution in [-0.2, 0) is 19.4 Å². The molecule has 0 aliphatic carbocycles. The van der Waals surface area contributed by atoms with E-state index in [1.54, 1.807) is 0 Å². The van der Waals surface area contributed by atoms with Crippen molar-refractivity contribution in [2.45, 2.75) is 11.2 Å². The van der Waals surface area contributed by atoms with E-state index < -0.39 is 21.8 Å². The van der Waals surface area contributed by atoms with Crippen LogP contribution in [0.1, 0.15) is 6.42 Å². The average molecular weight is 237 g/mol. The molecule has 1 spiro atoms. The van der Waals surface area contributed by atoms with Gasteiger partial charge in [-0.25, -0.2) is 18.0 Å². The first-order valence-electron chi connectivity index (χ1n) is 4.20. The van der Waals surface area contributed by atoms with Crippen LogP contribution in [-0.4, -0.2) is 54.2 Å². The quantitative estimate of drug-likeness (QED) is 0.429. The largest absolute Gasteiger partial charge is 0.473 e. The van der Waals surface area contributed by atoms with E-state index >= 15 is 0 Å². The molecule has 15 heavy (non-hydrogen) atoms. The summed E-state index contributed by atoms with van der Waals surface area (Å²) in [5, 5.41) is 17.8. The highest BCUT2D eigenvalue weighted by molar-refractivity contribution is 7.94. The Labute approximate surface area is 86.0 Å². The second-order valence-electron chi connectivity index (χ2n) is 3.47. The molecule has 2 saturated heterocycles. The summed E-state index contributed by atoms with van der Waals surface area (Å²) in [5.74, 6) is -3.24. The fourth-order valence-corrected chi connectivity index (χ4v) is 3.12. The van der Waals surface area contributed by atoms with Crippen LogP contribution in [0, 0.1) is 0 Å². The molecule has 0 aromatic carbocycles. The Morgan fingerprint density at radius 1 is 1.13 bits per heavy atom. The van der Waals surface area contributed by atoms with E-state index in [0.29, 0.717) is 18.8 Å². The van der Waals surface area contributed by atoms with Crippen LogP contribution >= 0.6 is 0 Å². The Bertz CT molecular complexity index is 365. The van der Waals surface area contributed by atoms with Crippen LogP contribution in [0.2, 0.25) is 0 Å². The van der Waals surface area contributed by atoms with Gasteiger partial charge in [0.15, 0.2) is 9.84 Å². The van der Waals surface area contributed by atoms with Crippen molar-refractivity contribution >= 4 is 21.8 Å². The van der Waals surface area contributed by atoms with Crippen LogP contribution < -0.4 is 5.32 Å². The van der Waals surface area contributed by atoms with Crippen LogP contribution in [0.3, 0.4) is 0 Å². The number of nitrogens with one attached hydrogen (secondary N) is 1. The van der Waals surface area contributed by atoms with E-state index in [-0.39, 0.29) is 4.75 Å². The standard InChI is InChI=1S/C5H9NO2S.C2H2O4/c7-9(8)2-1-5(9)3-6-4-5;3-1(4)2(5)6/h6H,1-4H2;(H,3,4)(H,5,6). The summed E-state index contributed by atoms with van der Waals surface area (Å²) >= 11 is 0. The molecule has 8 heteroatoms. The molecule has 0 radical (unpaired) electrons. The van der Waals surface area contributed by atoms with E-state index in [1.807, 2.05) is 0 Å². The van der Waals surface area contributed by atoms with Gasteiger partial charge in [-0.15, -0.1) is 0 Å². The van der Waals surface area contributed by atoms with Gasteiger partial charge in [-0.1, -0.05) is 0 Å². The van der Waals surface area contributed by atoms with Gasteiger partial charge in [-0.05, 0) is 6.42 Å². The molecule has 7 nitrogen and oxygen atoms in total. The minimum atomic E-state index is -2.65. The maximum Gasteiger partial charge on any atom is 0.414 e. The summed E-state index contributed by atoms with van der Waals surface area (Å²) in [4.78, 5) is 18.2. The third-order valence-electron chi connectivity index (χ3n) is 2.56. The number of hydrogen-bond acceptors (Lipinski definition) is 5. The lowest BCUT2D eigenvalue weighted by Gasteiger charge is -2.48. The molecule has 2 heterocycles. The molecule has 2 aliphatic heterocycles. The van der Waals surface area contributed by atoms with Gasteiger partial charge in [0.1, 0.15) is 0 Å². The summed E-state index contributed by atoms with van der Waals surface area (Å²) in [7, 11) is -2.65. The normalized spacial score (nSPS) is 24.0. The zero-order chi connectivity index (χ0) is 11.7. The summed E-state index contributed by atoms with van der Waals surface area (Å²) in [6, 6.07) is 0. The number of sulfone groups is 1. The van der Waals surface area contributed by atoms with Gasteiger partial charge >= 0.3 is 11.9 Å². The fourth-order valence-electron chi connectivity index (χ4n) is 1.36. The summed E-state index contributed by atoms with van der Waals surface area (Å²) < 4.78 is 21.7. The van der Waals surface area contributed by atoms with Crippen molar-refractivity contribution in [1.82, 2.24) is 5.32 Å². The Kier molecular flexibility index (Phi) is 3.00. The van der Waals surface area contributed by atoms with Crippen LogP contribution in [0.4, 0.5) is 0 Å². The molecule has 0 bridgehead atoms. The predicted octanol–water partition coefficient (Wildman–Crippen LogP) is -1.70. The third-order valence-corrected chi connectivity index (χ3v) is 5.12. The topological polar surface area (TPSA) is 121 Å². The molecule has 0 aromatic heterocycles. The van der Waals surface area contributed by atoms with E-state index in [2.05, 4.69) is 5.32 Å². The van der Waals surface area contributed by atoms with Gasteiger partial charge in [0.2, 0.25) is 0 Å². The molecule has 0 unspecified atom stereocenters. The van der Waals surface area contributed by atoms with E-state index in [1.165, 1.54) is 0 Å². The second-order valence-corrected chi connectivity index (χ2v) is 5.97. The highest BCUT2D eigenvalue weighted by atomic mass is 32.2. The first-order valence-corrected chi connectivity index (χ1v) is 5.85. The SMILES string of the molecule is O=C(O)C(=O)O.O=S1(=O)CCC12CNC2. The van der Waals surface area contributed by atoms with Gasteiger partial charge in [0.25, 0.3) is 0 Å². The van der Waals surface area contributed by atoms with E-state index in [9.17, 15) is 8.42 Å². The Morgan fingerprint density at radius 3 is 1.60 bits per heavy atom. The summed E-state index contributed by atoms with van der Waals surface area (Å²) in [6.07, 6.45) is 0.877. The Balaban J connectivity index is 0.000000167. The lowest BCUT2D eigenvalue weighted by molar-refractivity contribution is -0.159. The van der Waals surface area contributed by atoms with Crippen molar-refractivity contribution in [1.29, 1.82) is 0 Å². The number of carboxylic acids is 2. The van der Waals surface area contributed by atoms with Gasteiger partial charge in [-0.2, -0.15) is 0 Å². The minimum absolute atomic E-state index is 0.299. The van der Waals surface area contributed by atoms with Crippen molar-refractivity contribution in [2.24, 2.45) is 0 Å². The highest BCUT2D eigenvalue weighted by Crippen LogP contribution is 2.36. The molecular weight excluding hydrogens is 226 g/mol. The van der Waals surface area contributed by atoms with Gasteiger partial charge in [0, 0.05) is 13.1 Å². The predicted molar refractivity (Wildman–Crippen MR) is 49.3 cm³/mol. The molecule has 3 N–H and O–H groups in total. The maximum atomic E-state index is 11.0. The van der Waals surface area contributed by atoms with Crippen molar-refractivity contribution in [3.63, 3.8) is 0 Å². The number of rotatable bonds is 0. The third kappa shape index (κ3) is 2.10. The molecular formula is C7H11NO6S. The van der Waals surface area contributed by atoms with Gasteiger partial charge in [-0.3, -0.25) is 0 Å². The van der Waals surface area contributed by atoms with E-state index in [0.717, 1.165) is 6.42 Å². The van der Waals surface area contributed by atoms with Crippen LogP contribution in [0.25, 0.3) is 0 Å². The molecule has 86 valence electrons. The zero-order valence-electron chi connectivity index (χ0n) is 7.76. The van der Waals surface area contributed by atoms with E-state index in [4.69, 9.17) is 19.8 Å². The molecule has 0 atom stereocenters. The Morgan fingerprint density at radius 2 is 1.60 bits per heavy atom. The molecule has 2 fully saturated rings. The molecule has 0 amide bonds. The fraction of sp³-hybridized carbons (Fsp3) is 0.714. The molecule has 2 aliphatic rings. The van der Waals surface area contributed by atoms with Crippen LogP contribution in [0.5, 0.6) is 0 Å². The molecule has 2 rings (SSSR count). The Hall–Kier alpha value is -1.15. The number of carboxylic acid groups (broad SMARTS) is 2. The second kappa shape index (κ2) is 3.78. The number of hydrogen-bond donors (Lipinski definition) is 3. The van der Waals surface area contributed by atoms with Gasteiger partial charge in [0.05, 0.1) is 10.5 Å². The number of carbonyl (C=O) groups is 2. The van der Waals surface area contributed by atoms with Crippen LogP contribution in [0.15, 0.2) is 0 Å². The van der Waals surface area contributed by atoms with Crippen molar-refractivity contribution in [3.8, 4) is 0 Å². The van der Waals surface area contributed by atoms with Crippen molar-refractivity contribution in [2.75, 3.05) is 18.8 Å². The molecule has 0 aromatic rings. The molecule has 0 saturated carbocycles. The first kappa shape index (κ1) is 11.9. The van der Waals surface area contributed by atoms with Crippen molar-refractivity contribution in [3.05, 3.63) is 0 Å². The van der Waals surface area contributed by atoms with Crippen molar-refractivity contribution < 1.29 is 28.2 Å².